The van der Waals surface area contributed by atoms with Crippen molar-refractivity contribution >= 4 is 35.8 Å². The second-order valence-electron chi connectivity index (χ2n) is 7.61. The third-order valence-electron chi connectivity index (χ3n) is 4.91. The highest BCUT2D eigenvalue weighted by Gasteiger charge is 2.64. The summed E-state index contributed by atoms with van der Waals surface area (Å²) in [7, 11) is 0. The number of fused-ring (bicyclic) bond motifs is 1. The first kappa shape index (κ1) is 23.7. The van der Waals surface area contributed by atoms with Crippen LogP contribution in [-0.4, -0.2) is 61.4 Å². The second-order valence-corrected chi connectivity index (χ2v) is 9.38. The van der Waals surface area contributed by atoms with Crippen LogP contribution in [0.1, 0.15) is 45.2 Å². The van der Waals surface area contributed by atoms with Crippen LogP contribution < -0.4 is 11.1 Å². The van der Waals surface area contributed by atoms with Gasteiger partial charge in [-0.25, -0.2) is 4.79 Å². The van der Waals surface area contributed by atoms with Gasteiger partial charge in [0.05, 0.1) is 0 Å². The van der Waals surface area contributed by atoms with Crippen molar-refractivity contribution in [3.8, 4) is 5.75 Å². The molecule has 2 saturated heterocycles. The molecule has 1 aromatic rings. The highest BCUT2D eigenvalue weighted by atomic mass is 32.2. The predicted molar refractivity (Wildman–Crippen MR) is 112 cm³/mol. The number of rotatable bonds is 6. The summed E-state index contributed by atoms with van der Waals surface area (Å²) >= 11 is 1.35. The number of nitrogens with zero attached hydrogens (tertiary/aromatic N) is 1. The van der Waals surface area contributed by atoms with Crippen molar-refractivity contribution in [2.75, 3.05) is 0 Å². The van der Waals surface area contributed by atoms with E-state index < -0.39 is 46.0 Å². The number of phenols is 1. The summed E-state index contributed by atoms with van der Waals surface area (Å²) in [4.78, 5) is 46.9. The molecule has 4 atom stereocenters. The van der Waals surface area contributed by atoms with E-state index in [4.69, 9.17) is 5.73 Å². The van der Waals surface area contributed by atoms with Crippen molar-refractivity contribution in [1.82, 2.24) is 10.2 Å². The van der Waals surface area contributed by atoms with Crippen LogP contribution >= 0.6 is 11.8 Å². The molecule has 0 spiro atoms. The minimum Gasteiger partial charge on any atom is -0.508 e. The Bertz CT molecular complexity index is 813. The van der Waals surface area contributed by atoms with Gasteiger partial charge in [-0.3, -0.25) is 9.59 Å². The molecule has 1 aromatic carbocycles. The number of nitrogens with two attached hydrogens (primary N) is 1. The van der Waals surface area contributed by atoms with Crippen molar-refractivity contribution in [1.29, 1.82) is 0 Å². The summed E-state index contributed by atoms with van der Waals surface area (Å²) in [6.07, 6.45) is 2.61. The molecular formula is C20H27N3O6S. The van der Waals surface area contributed by atoms with Gasteiger partial charge in [0.2, 0.25) is 11.8 Å². The van der Waals surface area contributed by atoms with E-state index in [-0.39, 0.29) is 5.75 Å². The highest BCUT2D eigenvalue weighted by molar-refractivity contribution is 8.01. The molecule has 0 radical (unpaired) electrons. The summed E-state index contributed by atoms with van der Waals surface area (Å²) in [6.45, 7) is 5.51. The Kier molecular flexibility index (Phi) is 7.49. The molecule has 9 nitrogen and oxygen atoms in total. The van der Waals surface area contributed by atoms with Crippen LogP contribution in [0.15, 0.2) is 24.3 Å². The van der Waals surface area contributed by atoms with Crippen LogP contribution in [0.3, 0.4) is 0 Å². The smallest absolute Gasteiger partial charge is 0.327 e. The largest absolute Gasteiger partial charge is 0.508 e. The lowest BCUT2D eigenvalue weighted by Crippen LogP contribution is -2.71. The average molecular weight is 438 g/mol. The maximum Gasteiger partial charge on any atom is 0.327 e. The molecule has 2 aliphatic rings. The average Bonchev–Trinajstić information content (AvgIpc) is 2.95. The van der Waals surface area contributed by atoms with Gasteiger partial charge in [-0.1, -0.05) is 19.1 Å². The number of carboxylic acids is 1. The molecule has 30 heavy (non-hydrogen) atoms. The number of unbranched alkanes of at least 4 members (excludes halogenated alkanes) is 1. The molecule has 2 fully saturated rings. The third kappa shape index (κ3) is 4.76. The monoisotopic (exact) mass is 437 g/mol. The number of nitrogens with one attached hydrogen (secondary N) is 1. The Hall–Kier alpha value is -2.59. The number of hydrogen-bond acceptors (Lipinski definition) is 7. The molecule has 0 aromatic heterocycles. The molecule has 10 heteroatoms. The van der Waals surface area contributed by atoms with Gasteiger partial charge in [-0.15, -0.1) is 11.8 Å². The van der Waals surface area contributed by atoms with E-state index >= 15 is 0 Å². The Labute approximate surface area is 179 Å². The Morgan fingerprint density at radius 2 is 1.93 bits per heavy atom. The SMILES string of the molecule is CC1(C)S[C@@H]2[C@H](NC(=O)[C@H](N)c3ccc(O)cc3)C(=O)N2[C@H]1C(=O)O.CCCC=O. The van der Waals surface area contributed by atoms with E-state index in [2.05, 4.69) is 5.32 Å². The number of carboxylic acid groups (broad SMARTS) is 1. The summed E-state index contributed by atoms with van der Waals surface area (Å²) in [5, 5.41) is 20.9. The quantitative estimate of drug-likeness (QED) is 0.380. The molecule has 5 N–H and O–H groups in total. The fourth-order valence-corrected chi connectivity index (χ4v) is 4.96. The van der Waals surface area contributed by atoms with E-state index in [0.717, 1.165) is 12.7 Å². The first-order valence-corrected chi connectivity index (χ1v) is 10.4. The number of hydrogen-bond donors (Lipinski definition) is 4. The van der Waals surface area contributed by atoms with Crippen LogP contribution in [0.5, 0.6) is 5.75 Å². The zero-order chi connectivity index (χ0) is 22.6. The Balaban J connectivity index is 0.000000575. The first-order chi connectivity index (χ1) is 14.0. The maximum absolute atomic E-state index is 12.3. The van der Waals surface area contributed by atoms with Gasteiger partial charge in [0.15, 0.2) is 0 Å². The van der Waals surface area contributed by atoms with Crippen LogP contribution in [0.4, 0.5) is 0 Å². The van der Waals surface area contributed by atoms with Gasteiger partial charge in [0, 0.05) is 11.2 Å². The molecular weight excluding hydrogens is 410 g/mol. The fraction of sp³-hybridized carbons (Fsp3) is 0.500. The van der Waals surface area contributed by atoms with Crippen molar-refractivity contribution in [2.45, 2.75) is 61.9 Å². The highest BCUT2D eigenvalue weighted by Crippen LogP contribution is 2.50. The summed E-state index contributed by atoms with van der Waals surface area (Å²) in [6, 6.07) is 3.21. The normalized spacial score (nSPS) is 24.6. The Morgan fingerprint density at radius 1 is 1.33 bits per heavy atom. The summed E-state index contributed by atoms with van der Waals surface area (Å²) < 4.78 is -0.648. The molecule has 0 bridgehead atoms. The second kappa shape index (κ2) is 9.48. The molecule has 2 amide bonds. The van der Waals surface area contributed by atoms with Crippen molar-refractivity contribution < 1.29 is 29.4 Å². The van der Waals surface area contributed by atoms with Crippen LogP contribution in [-0.2, 0) is 19.2 Å². The standard InChI is InChI=1S/C16H19N3O5S.C4H8O/c1-16(2)11(15(23)24)19-13(22)10(14(19)25-16)18-12(21)9(17)7-3-5-8(20)6-4-7;1-2-3-4-5/h3-6,9-11,14,20H,17H2,1-2H3,(H,18,21)(H,23,24);4H,2-3H2,1H3/t9-,10-,11+,14-;/m1./s1. The number of benzene rings is 1. The molecule has 0 unspecified atom stereocenters. The number of aliphatic carboxylic acids is 1. The Morgan fingerprint density at radius 3 is 2.40 bits per heavy atom. The van der Waals surface area contributed by atoms with Gasteiger partial charge >= 0.3 is 5.97 Å². The van der Waals surface area contributed by atoms with E-state index in [0.29, 0.717) is 12.0 Å². The molecule has 164 valence electrons. The number of phenolic OH excluding ortho intramolecular Hbond substituents is 1. The summed E-state index contributed by atoms with van der Waals surface area (Å²) in [5.41, 5.74) is 6.41. The van der Waals surface area contributed by atoms with Crippen LogP contribution in [0.25, 0.3) is 0 Å². The molecule has 2 aliphatic heterocycles. The number of thioether (sulfide) groups is 1. The first-order valence-electron chi connectivity index (χ1n) is 9.56. The van der Waals surface area contributed by atoms with Crippen LogP contribution in [0, 0.1) is 0 Å². The van der Waals surface area contributed by atoms with Gasteiger partial charge < -0.3 is 31.0 Å². The van der Waals surface area contributed by atoms with Gasteiger partial charge in [-0.2, -0.15) is 0 Å². The molecule has 0 saturated carbocycles. The predicted octanol–water partition coefficient (Wildman–Crippen LogP) is 1.01. The lowest BCUT2D eigenvalue weighted by Gasteiger charge is -2.43. The summed E-state index contributed by atoms with van der Waals surface area (Å²) in [5.74, 6) is -1.94. The van der Waals surface area contributed by atoms with Gasteiger partial charge in [0.1, 0.15) is 35.5 Å². The third-order valence-corrected chi connectivity index (χ3v) is 6.49. The van der Waals surface area contributed by atoms with Crippen molar-refractivity contribution in [3.63, 3.8) is 0 Å². The van der Waals surface area contributed by atoms with Crippen LogP contribution in [0.2, 0.25) is 0 Å². The van der Waals surface area contributed by atoms with Crippen molar-refractivity contribution in [2.24, 2.45) is 5.73 Å². The van der Waals surface area contributed by atoms with E-state index in [1.807, 2.05) is 6.92 Å². The minimum atomic E-state index is -1.06. The zero-order valence-electron chi connectivity index (χ0n) is 17.1. The number of aldehydes is 1. The number of β-lactam (4-membered cyclic amide) rings is 1. The number of carbonyl (C=O) groups is 4. The molecule has 0 aliphatic carbocycles. The van der Waals surface area contributed by atoms with Gasteiger partial charge in [0.25, 0.3) is 0 Å². The minimum absolute atomic E-state index is 0.0606. The van der Waals surface area contributed by atoms with Crippen molar-refractivity contribution in [3.05, 3.63) is 29.8 Å². The van der Waals surface area contributed by atoms with E-state index in [9.17, 15) is 29.4 Å². The number of amides is 2. The van der Waals surface area contributed by atoms with Gasteiger partial charge in [-0.05, 0) is 38.0 Å². The fourth-order valence-electron chi connectivity index (χ4n) is 3.34. The molecule has 2 heterocycles. The maximum atomic E-state index is 12.3. The number of carbonyl (C=O) groups excluding carboxylic acids is 3. The van der Waals surface area contributed by atoms with E-state index in [1.165, 1.54) is 40.9 Å². The molecule has 3 rings (SSSR count). The topological polar surface area (TPSA) is 150 Å². The lowest BCUT2D eigenvalue weighted by atomic mass is 9.95. The number of aromatic hydroxyl groups is 1. The zero-order valence-corrected chi connectivity index (χ0v) is 17.9. The lowest BCUT2D eigenvalue weighted by molar-refractivity contribution is -0.161. The van der Waals surface area contributed by atoms with E-state index in [1.54, 1.807) is 13.8 Å².